The van der Waals surface area contributed by atoms with Crippen molar-refractivity contribution in [1.82, 2.24) is 4.31 Å². The summed E-state index contributed by atoms with van der Waals surface area (Å²) in [4.78, 5) is 0.342. The van der Waals surface area contributed by atoms with Crippen LogP contribution in [0.2, 0.25) is 0 Å². The van der Waals surface area contributed by atoms with Gasteiger partial charge >= 0.3 is 0 Å². The second-order valence-electron chi connectivity index (χ2n) is 4.46. The van der Waals surface area contributed by atoms with E-state index in [2.05, 4.69) is 15.9 Å². The van der Waals surface area contributed by atoms with Crippen molar-refractivity contribution in [3.8, 4) is 0 Å². The minimum atomic E-state index is -3.37. The summed E-state index contributed by atoms with van der Waals surface area (Å²) >= 11 is 3.30. The van der Waals surface area contributed by atoms with Crippen molar-refractivity contribution >= 4 is 26.0 Å². The van der Waals surface area contributed by atoms with Crippen LogP contribution in [-0.2, 0) is 10.0 Å². The highest BCUT2D eigenvalue weighted by atomic mass is 79.9. The quantitative estimate of drug-likeness (QED) is 0.806. The topological polar surface area (TPSA) is 37.1 Å². The van der Waals surface area contributed by atoms with Crippen LogP contribution in [0.1, 0.15) is 11.6 Å². The zero-order chi connectivity index (χ0) is 13.5. The van der Waals surface area contributed by atoms with E-state index in [1.165, 1.54) is 4.31 Å². The first-order chi connectivity index (χ1) is 9.09. The van der Waals surface area contributed by atoms with Gasteiger partial charge in [0.15, 0.2) is 0 Å². The van der Waals surface area contributed by atoms with Crippen LogP contribution in [0.4, 0.5) is 0 Å². The second-order valence-corrected chi connectivity index (χ2v) is 7.26. The van der Waals surface area contributed by atoms with Crippen LogP contribution >= 0.6 is 15.9 Å². The van der Waals surface area contributed by atoms with Gasteiger partial charge in [0.2, 0.25) is 10.0 Å². The Morgan fingerprint density at radius 1 is 1.00 bits per heavy atom. The summed E-state index contributed by atoms with van der Waals surface area (Å²) in [7, 11) is -3.37. The normalized spacial score (nSPS) is 22.2. The van der Waals surface area contributed by atoms with Crippen molar-refractivity contribution in [3.05, 3.63) is 64.6 Å². The Kier molecular flexibility index (Phi) is 3.20. The lowest BCUT2D eigenvalue weighted by molar-refractivity contribution is 0.554. The fourth-order valence-electron chi connectivity index (χ4n) is 2.08. The van der Waals surface area contributed by atoms with Crippen molar-refractivity contribution in [2.45, 2.75) is 10.9 Å². The van der Waals surface area contributed by atoms with Crippen molar-refractivity contribution in [2.75, 3.05) is 6.54 Å². The smallest absolute Gasteiger partial charge is 0.207 e. The molecule has 98 valence electrons. The van der Waals surface area contributed by atoms with Crippen molar-refractivity contribution in [1.29, 1.82) is 0 Å². The molecule has 1 aliphatic heterocycles. The molecule has 0 amide bonds. The Labute approximate surface area is 121 Å². The molecule has 0 aliphatic carbocycles. The fraction of sp³-hybridized carbons (Fsp3) is 0.143. The molecule has 1 fully saturated rings. The molecule has 0 aromatic heterocycles. The first-order valence-corrected chi connectivity index (χ1v) is 8.15. The molecule has 0 N–H and O–H groups in total. The molecular weight excluding hydrogens is 326 g/mol. The zero-order valence-corrected chi connectivity index (χ0v) is 12.4. The minimum absolute atomic E-state index is 0.0187. The maximum atomic E-state index is 12.4. The Balaban J connectivity index is 1.86. The first kappa shape index (κ1) is 12.8. The van der Waals surface area contributed by atoms with Gasteiger partial charge in [-0.2, -0.15) is 4.31 Å². The molecule has 1 aliphatic rings. The number of benzene rings is 2. The number of sulfonamides is 1. The highest BCUT2D eigenvalue weighted by Crippen LogP contribution is 2.40. The highest BCUT2D eigenvalue weighted by Gasteiger charge is 2.45. The minimum Gasteiger partial charge on any atom is -0.207 e. The standard InChI is InChI=1S/C14H12BrNO2S/c15-12-6-8-13(9-7-12)19(17,18)16-10-14(16)11-4-2-1-3-5-11/h1-9,14H,10H2. The third kappa shape index (κ3) is 2.45. The van der Waals surface area contributed by atoms with Crippen LogP contribution in [0.15, 0.2) is 64.0 Å². The van der Waals surface area contributed by atoms with E-state index < -0.39 is 10.0 Å². The lowest BCUT2D eigenvalue weighted by Crippen LogP contribution is -2.12. The SMILES string of the molecule is O=S(=O)(c1ccc(Br)cc1)N1CC1c1ccccc1. The molecule has 0 radical (unpaired) electrons. The maximum absolute atomic E-state index is 12.4. The third-order valence-corrected chi connectivity index (χ3v) is 5.59. The molecule has 3 rings (SSSR count). The number of hydrogen-bond acceptors (Lipinski definition) is 2. The van der Waals surface area contributed by atoms with E-state index in [1.807, 2.05) is 30.3 Å². The molecule has 2 aromatic rings. The number of nitrogens with zero attached hydrogens (tertiary/aromatic N) is 1. The Bertz CT molecular complexity index is 683. The molecule has 0 bridgehead atoms. The van der Waals surface area contributed by atoms with Crippen LogP contribution in [-0.4, -0.2) is 19.3 Å². The van der Waals surface area contributed by atoms with Gasteiger partial charge in [0.05, 0.1) is 10.9 Å². The zero-order valence-electron chi connectivity index (χ0n) is 10.0. The van der Waals surface area contributed by atoms with Gasteiger partial charge < -0.3 is 0 Å². The van der Waals surface area contributed by atoms with Crippen LogP contribution in [0.25, 0.3) is 0 Å². The predicted octanol–water partition coefficient (Wildman–Crippen LogP) is 3.19. The van der Waals surface area contributed by atoms with E-state index in [-0.39, 0.29) is 6.04 Å². The van der Waals surface area contributed by atoms with E-state index in [4.69, 9.17) is 0 Å². The molecular formula is C14H12BrNO2S. The first-order valence-electron chi connectivity index (χ1n) is 5.91. The third-order valence-electron chi connectivity index (χ3n) is 3.17. The monoisotopic (exact) mass is 337 g/mol. The molecule has 2 aromatic carbocycles. The summed E-state index contributed by atoms with van der Waals surface area (Å²) in [6.07, 6.45) is 0. The highest BCUT2D eigenvalue weighted by molar-refractivity contribution is 9.10. The van der Waals surface area contributed by atoms with Gasteiger partial charge in [0.25, 0.3) is 0 Å². The molecule has 0 spiro atoms. The van der Waals surface area contributed by atoms with E-state index in [1.54, 1.807) is 24.3 Å². The predicted molar refractivity (Wildman–Crippen MR) is 77.2 cm³/mol. The Hall–Kier alpha value is -1.17. The molecule has 1 saturated heterocycles. The van der Waals surface area contributed by atoms with Crippen molar-refractivity contribution in [2.24, 2.45) is 0 Å². The van der Waals surface area contributed by atoms with E-state index in [9.17, 15) is 8.42 Å². The number of rotatable bonds is 3. The molecule has 5 heteroatoms. The van der Waals surface area contributed by atoms with Crippen LogP contribution < -0.4 is 0 Å². The largest absolute Gasteiger partial charge is 0.243 e. The van der Waals surface area contributed by atoms with Gasteiger partial charge in [-0.05, 0) is 29.8 Å². The van der Waals surface area contributed by atoms with Crippen LogP contribution in [0.3, 0.4) is 0 Å². The van der Waals surface area contributed by atoms with Gasteiger partial charge in [0.1, 0.15) is 0 Å². The molecule has 2 unspecified atom stereocenters. The Morgan fingerprint density at radius 3 is 2.26 bits per heavy atom. The summed E-state index contributed by atoms with van der Waals surface area (Å²) < 4.78 is 27.2. The van der Waals surface area contributed by atoms with E-state index in [0.29, 0.717) is 11.4 Å². The van der Waals surface area contributed by atoms with Gasteiger partial charge in [0, 0.05) is 11.0 Å². The molecule has 19 heavy (non-hydrogen) atoms. The Morgan fingerprint density at radius 2 is 1.63 bits per heavy atom. The average molecular weight is 338 g/mol. The fourth-order valence-corrected chi connectivity index (χ4v) is 3.89. The number of halogens is 1. The molecule has 1 heterocycles. The molecule has 0 saturated carbocycles. The molecule has 2 atom stereocenters. The van der Waals surface area contributed by atoms with Gasteiger partial charge in [-0.3, -0.25) is 0 Å². The van der Waals surface area contributed by atoms with E-state index >= 15 is 0 Å². The summed E-state index contributed by atoms with van der Waals surface area (Å²) in [6, 6.07) is 16.4. The number of hydrogen-bond donors (Lipinski definition) is 0. The average Bonchev–Trinajstić information content (AvgIpc) is 3.21. The summed E-state index contributed by atoms with van der Waals surface area (Å²) in [6.45, 7) is 0.558. The van der Waals surface area contributed by atoms with Gasteiger partial charge in [-0.25, -0.2) is 8.42 Å². The maximum Gasteiger partial charge on any atom is 0.243 e. The van der Waals surface area contributed by atoms with Gasteiger partial charge in [-0.15, -0.1) is 0 Å². The van der Waals surface area contributed by atoms with Crippen molar-refractivity contribution < 1.29 is 8.42 Å². The van der Waals surface area contributed by atoms with Crippen LogP contribution in [0.5, 0.6) is 0 Å². The van der Waals surface area contributed by atoms with Crippen molar-refractivity contribution in [3.63, 3.8) is 0 Å². The lowest BCUT2D eigenvalue weighted by atomic mass is 10.2. The van der Waals surface area contributed by atoms with Crippen LogP contribution in [0, 0.1) is 0 Å². The van der Waals surface area contributed by atoms with E-state index in [0.717, 1.165) is 10.0 Å². The summed E-state index contributed by atoms with van der Waals surface area (Å²) in [5.41, 5.74) is 1.04. The summed E-state index contributed by atoms with van der Waals surface area (Å²) in [5.74, 6) is 0. The lowest BCUT2D eigenvalue weighted by Gasteiger charge is -2.06. The molecule has 3 nitrogen and oxygen atoms in total. The second kappa shape index (κ2) is 4.74. The summed E-state index contributed by atoms with van der Waals surface area (Å²) in [5, 5.41) is 0. The van der Waals surface area contributed by atoms with Gasteiger partial charge in [-0.1, -0.05) is 46.3 Å².